The van der Waals surface area contributed by atoms with Crippen molar-refractivity contribution in [1.82, 2.24) is 20.2 Å². The molecule has 0 aliphatic carbocycles. The molecule has 7 heteroatoms. The van der Waals surface area contributed by atoms with E-state index in [4.69, 9.17) is 0 Å². The number of rotatable bonds is 6. The van der Waals surface area contributed by atoms with E-state index in [1.54, 1.807) is 11.1 Å². The summed E-state index contributed by atoms with van der Waals surface area (Å²) in [6.07, 6.45) is 3.53. The first-order valence-electron chi connectivity index (χ1n) is 7.79. The Morgan fingerprint density at radius 3 is 2.67 bits per heavy atom. The van der Waals surface area contributed by atoms with Crippen molar-refractivity contribution in [2.24, 2.45) is 5.92 Å². The Hall–Kier alpha value is -2.96. The molecule has 7 nitrogen and oxygen atoms in total. The van der Waals surface area contributed by atoms with E-state index in [9.17, 15) is 9.90 Å². The number of para-hydroxylation sites is 1. The minimum absolute atomic E-state index is 0.221. The monoisotopic (exact) mass is 325 g/mol. The van der Waals surface area contributed by atoms with Crippen LogP contribution in [0.2, 0.25) is 0 Å². The van der Waals surface area contributed by atoms with Crippen molar-refractivity contribution >= 4 is 28.5 Å². The van der Waals surface area contributed by atoms with Crippen LogP contribution in [-0.4, -0.2) is 37.3 Å². The zero-order valence-electron chi connectivity index (χ0n) is 13.5. The van der Waals surface area contributed by atoms with E-state index in [-0.39, 0.29) is 5.92 Å². The lowest BCUT2D eigenvalue weighted by Gasteiger charge is -2.31. The van der Waals surface area contributed by atoms with Gasteiger partial charge in [0, 0.05) is 5.69 Å². The predicted molar refractivity (Wildman–Crippen MR) is 91.1 cm³/mol. The summed E-state index contributed by atoms with van der Waals surface area (Å²) in [6.45, 7) is 4.01. The van der Waals surface area contributed by atoms with E-state index in [1.807, 2.05) is 44.2 Å². The summed E-state index contributed by atoms with van der Waals surface area (Å²) in [5.41, 5.74) is 1.35. The highest BCUT2D eigenvalue weighted by Crippen LogP contribution is 2.32. The number of hydrogen-bond acceptors (Lipinski definition) is 5. The van der Waals surface area contributed by atoms with Gasteiger partial charge in [-0.1, -0.05) is 32.0 Å². The van der Waals surface area contributed by atoms with E-state index in [0.29, 0.717) is 23.3 Å². The first-order valence-corrected chi connectivity index (χ1v) is 7.79. The van der Waals surface area contributed by atoms with Crippen molar-refractivity contribution in [3.8, 4) is 0 Å². The highest BCUT2D eigenvalue weighted by Gasteiger charge is 2.30. The van der Waals surface area contributed by atoms with Crippen molar-refractivity contribution < 1.29 is 9.90 Å². The number of carbonyl (C=O) groups is 1. The molecule has 2 heterocycles. The lowest BCUT2D eigenvalue weighted by molar-refractivity contribution is -0.138. The summed E-state index contributed by atoms with van der Waals surface area (Å²) in [7, 11) is 0. The Balaban J connectivity index is 2.18. The topological polar surface area (TPSA) is 95.0 Å². The third kappa shape index (κ3) is 3.05. The van der Waals surface area contributed by atoms with E-state index in [0.717, 1.165) is 5.69 Å². The molecule has 0 radical (unpaired) electrons. The average molecular weight is 325 g/mol. The van der Waals surface area contributed by atoms with E-state index < -0.39 is 12.0 Å². The van der Waals surface area contributed by atoms with Crippen LogP contribution in [0.15, 0.2) is 42.9 Å². The van der Waals surface area contributed by atoms with Crippen LogP contribution in [0.25, 0.3) is 11.0 Å². The highest BCUT2D eigenvalue weighted by atomic mass is 16.4. The van der Waals surface area contributed by atoms with Crippen molar-refractivity contribution in [3.63, 3.8) is 0 Å². The van der Waals surface area contributed by atoms with Gasteiger partial charge in [-0.25, -0.2) is 14.8 Å². The predicted octanol–water partition coefficient (Wildman–Crippen LogP) is 2.99. The summed E-state index contributed by atoms with van der Waals surface area (Å²) < 4.78 is 0. The van der Waals surface area contributed by atoms with Crippen LogP contribution < -0.4 is 4.90 Å². The molecule has 1 atom stereocenters. The number of anilines is 2. The largest absolute Gasteiger partial charge is 0.480 e. The van der Waals surface area contributed by atoms with Gasteiger partial charge in [-0.2, -0.15) is 5.10 Å². The fraction of sp³-hybridized carbons (Fsp3) is 0.294. The molecule has 2 N–H and O–H groups in total. The number of nitrogens with zero attached hydrogens (tertiary/aromatic N) is 4. The maximum atomic E-state index is 12.0. The molecule has 0 aliphatic heterocycles. The number of hydrogen-bond donors (Lipinski definition) is 2. The molecule has 124 valence electrons. The standard InChI is InChI=1S/C17H19N5O2/c1-11(2)8-14(17(23)24)22(12-6-4-3-5-7-12)16-13-9-20-21-15(13)18-10-19-16/h3-7,9-11,14H,8H2,1-2H3,(H,23,24)(H,18,19,20,21). The van der Waals surface area contributed by atoms with Crippen LogP contribution in [0, 0.1) is 5.92 Å². The van der Waals surface area contributed by atoms with Gasteiger partial charge in [0.1, 0.15) is 18.2 Å². The number of carboxylic acid groups (broad SMARTS) is 1. The van der Waals surface area contributed by atoms with Crippen molar-refractivity contribution in [1.29, 1.82) is 0 Å². The van der Waals surface area contributed by atoms with Gasteiger partial charge in [0.05, 0.1) is 11.6 Å². The average Bonchev–Trinajstić information content (AvgIpc) is 3.04. The molecule has 0 amide bonds. The van der Waals surface area contributed by atoms with Gasteiger partial charge >= 0.3 is 5.97 Å². The lowest BCUT2D eigenvalue weighted by atomic mass is 10.0. The van der Waals surface area contributed by atoms with Gasteiger partial charge in [-0.3, -0.25) is 5.10 Å². The number of aliphatic carboxylic acids is 1. The molecule has 24 heavy (non-hydrogen) atoms. The van der Waals surface area contributed by atoms with E-state index in [2.05, 4.69) is 20.2 Å². The molecule has 0 bridgehead atoms. The Kier molecular flexibility index (Phi) is 4.41. The van der Waals surface area contributed by atoms with Crippen LogP contribution in [0.5, 0.6) is 0 Å². The first-order chi connectivity index (χ1) is 11.6. The van der Waals surface area contributed by atoms with Gasteiger partial charge in [0.15, 0.2) is 5.65 Å². The molecule has 1 aromatic carbocycles. The van der Waals surface area contributed by atoms with Gasteiger partial charge in [-0.15, -0.1) is 0 Å². The maximum absolute atomic E-state index is 12.0. The summed E-state index contributed by atoms with van der Waals surface area (Å²) >= 11 is 0. The zero-order chi connectivity index (χ0) is 17.1. The molecule has 3 rings (SSSR count). The minimum atomic E-state index is -0.886. The van der Waals surface area contributed by atoms with Crippen molar-refractivity contribution in [3.05, 3.63) is 42.9 Å². The molecular formula is C17H19N5O2. The second kappa shape index (κ2) is 6.66. The lowest BCUT2D eigenvalue weighted by Crippen LogP contribution is -2.39. The molecule has 0 aliphatic rings. The summed E-state index contributed by atoms with van der Waals surface area (Å²) in [5, 5.41) is 17.3. The number of H-pyrrole nitrogens is 1. The smallest absolute Gasteiger partial charge is 0.326 e. The number of fused-ring (bicyclic) bond motifs is 1. The second-order valence-electron chi connectivity index (χ2n) is 6.02. The number of benzene rings is 1. The van der Waals surface area contributed by atoms with Crippen LogP contribution >= 0.6 is 0 Å². The van der Waals surface area contributed by atoms with Crippen LogP contribution in [0.3, 0.4) is 0 Å². The molecule has 1 unspecified atom stereocenters. The summed E-state index contributed by atoms with van der Waals surface area (Å²) in [5.74, 6) is -0.130. The van der Waals surface area contributed by atoms with Crippen LogP contribution in [-0.2, 0) is 4.79 Å². The van der Waals surface area contributed by atoms with Crippen LogP contribution in [0.1, 0.15) is 20.3 Å². The van der Waals surface area contributed by atoms with E-state index >= 15 is 0 Å². The van der Waals surface area contributed by atoms with Gasteiger partial charge in [0.2, 0.25) is 0 Å². The van der Waals surface area contributed by atoms with E-state index in [1.165, 1.54) is 6.33 Å². The zero-order valence-corrected chi connectivity index (χ0v) is 13.5. The fourth-order valence-electron chi connectivity index (χ4n) is 2.75. The second-order valence-corrected chi connectivity index (χ2v) is 6.02. The first kappa shape index (κ1) is 15.9. The SMILES string of the molecule is CC(C)CC(C(=O)O)N(c1ccccc1)c1ncnc2[nH]ncc12. The summed E-state index contributed by atoms with van der Waals surface area (Å²) in [6, 6.07) is 8.68. The third-order valence-electron chi connectivity index (χ3n) is 3.78. The number of nitrogens with one attached hydrogen (secondary N) is 1. The van der Waals surface area contributed by atoms with Gasteiger partial charge in [0.25, 0.3) is 0 Å². The quantitative estimate of drug-likeness (QED) is 0.723. The maximum Gasteiger partial charge on any atom is 0.326 e. The number of aromatic amines is 1. The van der Waals surface area contributed by atoms with Crippen molar-refractivity contribution in [2.45, 2.75) is 26.3 Å². The third-order valence-corrected chi connectivity index (χ3v) is 3.78. The fourth-order valence-corrected chi connectivity index (χ4v) is 2.75. The molecule has 0 spiro atoms. The molecule has 0 saturated heterocycles. The molecule has 0 saturated carbocycles. The Bertz CT molecular complexity index is 831. The number of aromatic nitrogens is 4. The highest BCUT2D eigenvalue weighted by molar-refractivity contribution is 5.92. The van der Waals surface area contributed by atoms with Gasteiger partial charge in [-0.05, 0) is 24.5 Å². The molecule has 0 fully saturated rings. The molecule has 3 aromatic rings. The minimum Gasteiger partial charge on any atom is -0.480 e. The number of carboxylic acids is 1. The Labute approximate surface area is 139 Å². The Morgan fingerprint density at radius 1 is 1.25 bits per heavy atom. The normalized spacial score (nSPS) is 12.5. The molecule has 2 aromatic heterocycles. The summed E-state index contributed by atoms with van der Waals surface area (Å²) in [4.78, 5) is 22.2. The van der Waals surface area contributed by atoms with Crippen LogP contribution in [0.4, 0.5) is 11.5 Å². The van der Waals surface area contributed by atoms with Crippen molar-refractivity contribution in [2.75, 3.05) is 4.90 Å². The van der Waals surface area contributed by atoms with Gasteiger partial charge < -0.3 is 10.0 Å². The molecular weight excluding hydrogens is 306 g/mol. The Morgan fingerprint density at radius 2 is 2.00 bits per heavy atom.